The maximum absolute atomic E-state index is 7.36. The highest BCUT2D eigenvalue weighted by Crippen LogP contribution is 2.47. The van der Waals surface area contributed by atoms with Gasteiger partial charge >= 0.3 is 0 Å². The van der Waals surface area contributed by atoms with E-state index in [2.05, 4.69) is 139 Å². The van der Waals surface area contributed by atoms with Crippen LogP contribution < -0.4 is 0 Å². The number of hydrogen-bond acceptors (Lipinski definition) is 5. The van der Waals surface area contributed by atoms with Gasteiger partial charge in [0.2, 0.25) is 0 Å². The average molecular weight is 599 g/mol. The van der Waals surface area contributed by atoms with Crippen molar-refractivity contribution in [2.24, 2.45) is 0 Å². The van der Waals surface area contributed by atoms with Gasteiger partial charge in [0, 0.05) is 4.90 Å². The van der Waals surface area contributed by atoms with Gasteiger partial charge in [0.25, 0.3) is 0 Å². The van der Waals surface area contributed by atoms with E-state index in [1.807, 2.05) is 0 Å². The Morgan fingerprint density at radius 2 is 0.974 bits per heavy atom. The molecule has 0 bridgehead atoms. The van der Waals surface area contributed by atoms with Gasteiger partial charge in [-0.3, -0.25) is 0 Å². The molecule has 0 amide bonds. The highest BCUT2D eigenvalue weighted by Gasteiger charge is 2.55. The van der Waals surface area contributed by atoms with Gasteiger partial charge in [-0.1, -0.05) is 92.3 Å². The Labute approximate surface area is 242 Å². The smallest absolute Gasteiger partial charge is 0.192 e. The summed E-state index contributed by atoms with van der Waals surface area (Å²) in [7, 11) is -6.44. The Hall–Kier alpha value is 0.0606. The van der Waals surface area contributed by atoms with Crippen molar-refractivity contribution in [2.45, 2.75) is 158 Å². The summed E-state index contributed by atoms with van der Waals surface area (Å²) in [6.07, 6.45) is -0.739. The summed E-state index contributed by atoms with van der Waals surface area (Å²) in [4.78, 5) is 1.18. The van der Waals surface area contributed by atoms with Gasteiger partial charge in [0.05, 0.1) is 12.2 Å². The van der Waals surface area contributed by atoms with Gasteiger partial charge in [-0.25, -0.2) is 0 Å². The summed E-state index contributed by atoms with van der Waals surface area (Å²) < 4.78 is 28.7. The number of ether oxygens (including phenoxy) is 1. The molecular weight excluding hydrogens is 541 g/mol. The first-order valence-corrected chi connectivity index (χ1v) is 23.9. The zero-order valence-electron chi connectivity index (χ0n) is 27.3. The second-order valence-corrected chi connectivity index (χ2v) is 31.1. The zero-order chi connectivity index (χ0) is 29.5. The molecule has 2 rings (SSSR count). The summed E-state index contributed by atoms with van der Waals surface area (Å²) in [5.41, 5.74) is -0.185. The molecule has 1 saturated heterocycles. The molecule has 0 aromatic heterocycles. The highest BCUT2D eigenvalue weighted by atomic mass is 32.2. The summed E-state index contributed by atoms with van der Waals surface area (Å²) in [5, 5.41) is 0.217. The Kier molecular flexibility index (Phi) is 10.6. The number of hydrogen-bond donors (Lipinski definition) is 0. The van der Waals surface area contributed by atoms with Crippen molar-refractivity contribution in [1.82, 2.24) is 0 Å². The van der Waals surface area contributed by atoms with Crippen LogP contribution in [0.2, 0.25) is 54.4 Å². The molecule has 1 fully saturated rings. The zero-order valence-corrected chi connectivity index (χ0v) is 31.1. The predicted octanol–water partition coefficient (Wildman–Crippen LogP) is 9.69. The van der Waals surface area contributed by atoms with Crippen LogP contribution >= 0.6 is 11.8 Å². The van der Waals surface area contributed by atoms with E-state index in [0.717, 1.165) is 0 Å². The Morgan fingerprint density at radius 1 is 0.605 bits per heavy atom. The number of thioether (sulfide) groups is 1. The van der Waals surface area contributed by atoms with E-state index in [1.165, 1.54) is 4.90 Å². The Bertz CT molecular complexity index is 901. The number of benzene rings is 1. The first kappa shape index (κ1) is 34.3. The quantitative estimate of drug-likeness (QED) is 0.278. The molecule has 4 nitrogen and oxygen atoms in total. The van der Waals surface area contributed by atoms with Gasteiger partial charge in [-0.05, 0) is 73.5 Å². The van der Waals surface area contributed by atoms with E-state index in [0.29, 0.717) is 0 Å². The summed E-state index contributed by atoms with van der Waals surface area (Å²) in [6, 6.07) is 10.6. The minimum atomic E-state index is -2.16. The second-order valence-electron chi connectivity index (χ2n) is 15.7. The van der Waals surface area contributed by atoms with Crippen LogP contribution in [0.3, 0.4) is 0 Å². The van der Waals surface area contributed by atoms with Crippen LogP contribution in [0.15, 0.2) is 35.2 Å². The predicted molar refractivity (Wildman–Crippen MR) is 173 cm³/mol. The van der Waals surface area contributed by atoms with Crippen LogP contribution in [0.1, 0.15) is 69.2 Å². The van der Waals surface area contributed by atoms with Gasteiger partial charge in [-0.2, -0.15) is 0 Å². The molecule has 0 unspecified atom stereocenters. The van der Waals surface area contributed by atoms with Crippen LogP contribution in [-0.2, 0) is 18.0 Å². The van der Waals surface area contributed by atoms with Crippen LogP contribution in [0.5, 0.6) is 0 Å². The van der Waals surface area contributed by atoms with Crippen LogP contribution in [0.4, 0.5) is 0 Å². The third kappa shape index (κ3) is 8.08. The maximum atomic E-state index is 7.36. The van der Waals surface area contributed by atoms with Crippen molar-refractivity contribution >= 4 is 36.7 Å². The molecule has 0 aliphatic carbocycles. The van der Waals surface area contributed by atoms with Crippen molar-refractivity contribution in [2.75, 3.05) is 0 Å². The first-order valence-electron chi connectivity index (χ1n) is 14.3. The fourth-order valence-electron chi connectivity index (χ4n) is 3.67. The Balaban J connectivity index is 2.66. The molecule has 0 radical (unpaired) electrons. The summed E-state index contributed by atoms with van der Waals surface area (Å²) >= 11 is 1.76. The molecule has 0 N–H and O–H groups in total. The normalized spacial score (nSPS) is 26.5. The maximum Gasteiger partial charge on any atom is 0.192 e. The molecule has 1 aliphatic rings. The van der Waals surface area contributed by atoms with Crippen LogP contribution in [-0.4, -0.2) is 54.8 Å². The molecule has 8 heteroatoms. The lowest BCUT2D eigenvalue weighted by Crippen LogP contribution is -2.66. The van der Waals surface area contributed by atoms with Gasteiger partial charge in [-0.15, -0.1) is 0 Å². The average Bonchev–Trinajstić information content (AvgIpc) is 2.71. The van der Waals surface area contributed by atoms with Crippen molar-refractivity contribution in [3.8, 4) is 0 Å². The minimum Gasteiger partial charge on any atom is -0.409 e. The van der Waals surface area contributed by atoms with E-state index in [9.17, 15) is 0 Å². The largest absolute Gasteiger partial charge is 0.409 e. The van der Waals surface area contributed by atoms with Gasteiger partial charge in [0.15, 0.2) is 25.0 Å². The van der Waals surface area contributed by atoms with Crippen LogP contribution in [0.25, 0.3) is 0 Å². The molecule has 1 aromatic carbocycles. The second kappa shape index (κ2) is 11.7. The third-order valence-electron chi connectivity index (χ3n) is 9.43. The molecule has 38 heavy (non-hydrogen) atoms. The van der Waals surface area contributed by atoms with Gasteiger partial charge in [0.1, 0.15) is 17.6 Å². The molecule has 1 heterocycles. The number of rotatable bonds is 8. The lowest BCUT2D eigenvalue weighted by Gasteiger charge is -2.54. The molecule has 1 aliphatic heterocycles. The molecule has 1 aromatic rings. The lowest BCUT2D eigenvalue weighted by molar-refractivity contribution is -0.178. The summed E-state index contributed by atoms with van der Waals surface area (Å²) in [5.74, 6) is 0. The van der Waals surface area contributed by atoms with Crippen molar-refractivity contribution in [1.29, 1.82) is 0 Å². The SMILES string of the molecule is C[C@@H]1O[C@@H](Sc2ccccc2)[C@H](O[Si](C)(C)C(C)(C)C)[C@H](O[Si](C)(C)C(C)(C)C)[C@H]1O[Si](C)(C)C(C)(C)C. The molecule has 0 saturated carbocycles. The Morgan fingerprint density at radius 3 is 1.37 bits per heavy atom. The van der Waals surface area contributed by atoms with E-state index < -0.39 is 25.0 Å². The molecule has 5 atom stereocenters. The van der Waals surface area contributed by atoms with Crippen molar-refractivity contribution in [3.05, 3.63) is 30.3 Å². The fraction of sp³-hybridized carbons (Fsp3) is 0.800. The highest BCUT2D eigenvalue weighted by molar-refractivity contribution is 7.99. The van der Waals surface area contributed by atoms with Gasteiger partial charge < -0.3 is 18.0 Å². The molecular formula is C30H58O4SSi3. The van der Waals surface area contributed by atoms with Crippen molar-refractivity contribution in [3.63, 3.8) is 0 Å². The van der Waals surface area contributed by atoms with E-state index in [4.69, 9.17) is 18.0 Å². The third-order valence-corrected chi connectivity index (χ3v) is 24.0. The standard InChI is InChI=1S/C30H58O4SSi3/c1-22-24(32-36(11,12)28(2,3)4)25(33-37(13,14)29(5,6)7)26(34-38(15,16)30(8,9)10)27(31-22)35-23-20-18-17-19-21-23/h17-22,24-27H,1-16H3/t22-,24-,25+,26+,27-/m0/s1. The minimum absolute atomic E-state index is 0.0648. The molecule has 0 spiro atoms. The van der Waals surface area contributed by atoms with Crippen LogP contribution in [0, 0.1) is 0 Å². The first-order chi connectivity index (χ1) is 16.9. The fourth-order valence-corrected chi connectivity index (χ4v) is 8.88. The van der Waals surface area contributed by atoms with E-state index in [-0.39, 0.29) is 45.0 Å². The monoisotopic (exact) mass is 598 g/mol. The summed E-state index contributed by atoms with van der Waals surface area (Å²) in [6.45, 7) is 36.9. The molecule has 220 valence electrons. The van der Waals surface area contributed by atoms with E-state index in [1.54, 1.807) is 11.8 Å². The topological polar surface area (TPSA) is 36.9 Å². The van der Waals surface area contributed by atoms with E-state index >= 15 is 0 Å². The lowest BCUT2D eigenvalue weighted by atomic mass is 10.0. The van der Waals surface area contributed by atoms with Crippen molar-refractivity contribution < 1.29 is 18.0 Å².